The van der Waals surface area contributed by atoms with Crippen LogP contribution in [0.25, 0.3) is 0 Å². The van der Waals surface area contributed by atoms with Crippen molar-refractivity contribution in [1.82, 2.24) is 4.98 Å². The number of hydrogen-bond acceptors (Lipinski definition) is 3. The van der Waals surface area contributed by atoms with Gasteiger partial charge in [0, 0.05) is 0 Å². The Balaban J connectivity index is 3.29. The smallest absolute Gasteiger partial charge is 0.340 e. The number of rotatable bonds is 2. The van der Waals surface area contributed by atoms with E-state index in [1.165, 1.54) is 7.11 Å². The molecule has 0 bridgehead atoms. The molecular weight excluding hydrogens is 434 g/mol. The van der Waals surface area contributed by atoms with Crippen LogP contribution in [0.1, 0.15) is 22.3 Å². The van der Waals surface area contributed by atoms with Crippen molar-refractivity contribution in [2.24, 2.45) is 0 Å². The number of aromatic nitrogens is 1. The number of carbonyl (C=O) groups is 1. The van der Waals surface area contributed by atoms with E-state index in [4.69, 9.17) is 0 Å². The highest BCUT2D eigenvalue weighted by Crippen LogP contribution is 2.26. The highest BCUT2D eigenvalue weighted by Gasteiger charge is 2.19. The number of halogens is 4. The average Bonchev–Trinajstić information content (AvgIpc) is 2.16. The van der Waals surface area contributed by atoms with Gasteiger partial charge in [-0.1, -0.05) is 0 Å². The molecule has 0 unspecified atom stereocenters. The Morgan fingerprint density at radius 3 is 2.53 bits per heavy atom. The molecule has 0 aliphatic carbocycles. The first-order valence-electron chi connectivity index (χ1n) is 3.69. The summed E-state index contributed by atoms with van der Waals surface area (Å²) in [6.45, 7) is 0. The lowest BCUT2D eigenvalue weighted by Crippen LogP contribution is -2.08. The summed E-state index contributed by atoms with van der Waals surface area (Å²) >= 11 is 3.51. The predicted molar refractivity (Wildman–Crippen MR) is 66.0 cm³/mol. The van der Waals surface area contributed by atoms with Gasteiger partial charge in [0.05, 0.1) is 18.2 Å². The van der Waals surface area contributed by atoms with Crippen LogP contribution >= 0.6 is 45.2 Å². The summed E-state index contributed by atoms with van der Waals surface area (Å²) in [7, 11) is 1.19. The maximum absolute atomic E-state index is 12.5. The van der Waals surface area contributed by atoms with Crippen LogP contribution in [0.3, 0.4) is 0 Å². The second-order valence-corrected chi connectivity index (χ2v) is 4.54. The molecule has 0 atom stereocenters. The van der Waals surface area contributed by atoms with E-state index in [0.717, 1.165) is 6.07 Å². The lowest BCUT2D eigenvalue weighted by molar-refractivity contribution is 0.0598. The van der Waals surface area contributed by atoms with E-state index in [9.17, 15) is 13.6 Å². The molecule has 3 nitrogen and oxygen atoms in total. The highest BCUT2D eigenvalue weighted by atomic mass is 127. The maximum Gasteiger partial charge on any atom is 0.340 e. The molecule has 0 radical (unpaired) electrons. The lowest BCUT2D eigenvalue weighted by atomic mass is 10.2. The zero-order valence-corrected chi connectivity index (χ0v) is 11.7. The normalized spacial score (nSPS) is 10.5. The van der Waals surface area contributed by atoms with Gasteiger partial charge in [0.15, 0.2) is 0 Å². The van der Waals surface area contributed by atoms with Crippen LogP contribution in [0.15, 0.2) is 6.07 Å². The van der Waals surface area contributed by atoms with E-state index in [2.05, 4.69) is 9.72 Å². The summed E-state index contributed by atoms with van der Waals surface area (Å²) < 4.78 is 30.0. The predicted octanol–water partition coefficient (Wildman–Crippen LogP) is 3.02. The van der Waals surface area contributed by atoms with Gasteiger partial charge >= 0.3 is 5.97 Å². The summed E-state index contributed by atoms with van der Waals surface area (Å²) in [5.74, 6) is -0.662. The Hall–Kier alpha value is -0.0600. The summed E-state index contributed by atoms with van der Waals surface area (Å²) in [5.41, 5.74) is -0.190. The topological polar surface area (TPSA) is 39.2 Å². The van der Waals surface area contributed by atoms with Gasteiger partial charge in [0.1, 0.15) is 7.40 Å². The van der Waals surface area contributed by atoms with Gasteiger partial charge in [-0.05, 0) is 51.2 Å². The first-order valence-corrected chi connectivity index (χ1v) is 5.85. The summed E-state index contributed by atoms with van der Waals surface area (Å²) in [5, 5.41) is 0. The summed E-state index contributed by atoms with van der Waals surface area (Å²) in [4.78, 5) is 15.1. The van der Waals surface area contributed by atoms with Crippen molar-refractivity contribution in [1.29, 1.82) is 0 Å². The summed E-state index contributed by atoms with van der Waals surface area (Å²) in [6, 6.07) is 1.12. The molecule has 0 fully saturated rings. The molecule has 82 valence electrons. The maximum atomic E-state index is 12.5. The van der Waals surface area contributed by atoms with Gasteiger partial charge in [-0.25, -0.2) is 18.6 Å². The molecule has 15 heavy (non-hydrogen) atoms. The molecule has 1 heterocycles. The van der Waals surface area contributed by atoms with Crippen molar-refractivity contribution in [2.75, 3.05) is 7.11 Å². The molecule has 0 N–H and O–H groups in total. The van der Waals surface area contributed by atoms with Gasteiger partial charge in [-0.3, -0.25) is 0 Å². The quantitative estimate of drug-likeness (QED) is 0.405. The van der Waals surface area contributed by atoms with Crippen LogP contribution in [-0.4, -0.2) is 18.1 Å². The minimum atomic E-state index is -2.65. The fraction of sp³-hybridized carbons (Fsp3) is 0.250. The van der Waals surface area contributed by atoms with Gasteiger partial charge in [-0.2, -0.15) is 0 Å². The van der Waals surface area contributed by atoms with Gasteiger partial charge in [0.2, 0.25) is 0 Å². The molecule has 1 rings (SSSR count). The van der Waals surface area contributed by atoms with Crippen molar-refractivity contribution < 1.29 is 18.3 Å². The molecule has 1 aromatic rings. The van der Waals surface area contributed by atoms with Crippen molar-refractivity contribution >= 4 is 51.2 Å². The monoisotopic (exact) mass is 439 g/mol. The Morgan fingerprint density at radius 2 is 2.07 bits per heavy atom. The second kappa shape index (κ2) is 5.32. The standard InChI is InChI=1S/C8H5F2I2NO2/c1-15-8(14)4-2-3(5(9)10)6(11)13-7(4)12/h2,5H,1H3. The zero-order chi connectivity index (χ0) is 11.6. The van der Waals surface area contributed by atoms with Crippen LogP contribution in [-0.2, 0) is 4.74 Å². The number of pyridine rings is 1. The van der Waals surface area contributed by atoms with E-state index >= 15 is 0 Å². The van der Waals surface area contributed by atoms with Crippen LogP contribution in [0.5, 0.6) is 0 Å². The van der Waals surface area contributed by atoms with E-state index in [-0.39, 0.29) is 14.8 Å². The number of ether oxygens (including phenoxy) is 1. The number of carbonyl (C=O) groups excluding carboxylic acids is 1. The number of hydrogen-bond donors (Lipinski definition) is 0. The number of nitrogens with zero attached hydrogens (tertiary/aromatic N) is 1. The van der Waals surface area contributed by atoms with Crippen molar-refractivity contribution in [3.05, 3.63) is 24.6 Å². The Bertz CT molecular complexity index is 398. The largest absolute Gasteiger partial charge is 0.465 e. The van der Waals surface area contributed by atoms with Gasteiger partial charge < -0.3 is 4.74 Å². The van der Waals surface area contributed by atoms with Crippen LogP contribution < -0.4 is 0 Å². The molecular formula is C8H5F2I2NO2. The van der Waals surface area contributed by atoms with Crippen LogP contribution in [0.4, 0.5) is 8.78 Å². The van der Waals surface area contributed by atoms with Crippen LogP contribution in [0, 0.1) is 7.40 Å². The van der Waals surface area contributed by atoms with Crippen LogP contribution in [0.2, 0.25) is 0 Å². The van der Waals surface area contributed by atoms with Gasteiger partial charge in [0.25, 0.3) is 6.43 Å². The third kappa shape index (κ3) is 2.95. The van der Waals surface area contributed by atoms with Crippen molar-refractivity contribution in [3.63, 3.8) is 0 Å². The molecule has 7 heteroatoms. The first kappa shape index (κ1) is 13.0. The molecule has 0 aromatic carbocycles. The third-order valence-electron chi connectivity index (χ3n) is 1.60. The van der Waals surface area contributed by atoms with Gasteiger partial charge in [-0.15, -0.1) is 0 Å². The minimum absolute atomic E-state index is 0.0637. The molecule has 0 spiro atoms. The molecule has 0 saturated heterocycles. The molecule has 0 saturated carbocycles. The molecule has 1 aromatic heterocycles. The molecule has 0 aliphatic rings. The minimum Gasteiger partial charge on any atom is -0.465 e. The van der Waals surface area contributed by atoms with E-state index in [1.807, 2.05) is 0 Å². The number of esters is 1. The highest BCUT2D eigenvalue weighted by molar-refractivity contribution is 14.1. The van der Waals surface area contributed by atoms with Crippen molar-refractivity contribution in [3.8, 4) is 0 Å². The fourth-order valence-corrected chi connectivity index (χ4v) is 2.60. The summed E-state index contributed by atoms with van der Waals surface area (Å²) in [6.07, 6.45) is -2.65. The number of methoxy groups -OCH3 is 1. The van der Waals surface area contributed by atoms with Crippen molar-refractivity contribution in [2.45, 2.75) is 6.43 Å². The zero-order valence-electron chi connectivity index (χ0n) is 7.43. The Kier molecular flexibility index (Phi) is 4.62. The lowest BCUT2D eigenvalue weighted by Gasteiger charge is -2.07. The third-order valence-corrected chi connectivity index (χ3v) is 3.28. The molecule has 0 amide bonds. The molecule has 0 aliphatic heterocycles. The average molecular weight is 439 g/mol. The second-order valence-electron chi connectivity index (χ2n) is 2.50. The number of alkyl halides is 2. The first-order chi connectivity index (χ1) is 6.97. The van der Waals surface area contributed by atoms with E-state index < -0.39 is 12.4 Å². The Labute approximate surface area is 112 Å². The fourth-order valence-electron chi connectivity index (χ4n) is 0.892. The Morgan fingerprint density at radius 1 is 1.47 bits per heavy atom. The van der Waals surface area contributed by atoms with E-state index in [0.29, 0.717) is 3.70 Å². The van der Waals surface area contributed by atoms with E-state index in [1.54, 1.807) is 45.2 Å². The SMILES string of the molecule is COC(=O)c1cc(C(F)F)c(I)nc1I.